The first-order chi connectivity index (χ1) is 10.5. The normalized spacial score (nSPS) is 10.2. The highest BCUT2D eigenvalue weighted by molar-refractivity contribution is 5.94. The SMILES string of the molecule is COc1cc(NC(=O)Cc2ccccc2F)c(OC)cc1C. The van der Waals surface area contributed by atoms with E-state index in [9.17, 15) is 9.18 Å². The summed E-state index contributed by atoms with van der Waals surface area (Å²) in [6, 6.07) is 9.66. The number of amides is 1. The quantitative estimate of drug-likeness (QED) is 0.921. The summed E-state index contributed by atoms with van der Waals surface area (Å²) in [5.41, 5.74) is 1.73. The van der Waals surface area contributed by atoms with Gasteiger partial charge in [-0.3, -0.25) is 4.79 Å². The molecule has 0 bridgehead atoms. The van der Waals surface area contributed by atoms with Crippen LogP contribution in [0.25, 0.3) is 0 Å². The molecule has 116 valence electrons. The number of hydrogen-bond donors (Lipinski definition) is 1. The number of carbonyl (C=O) groups excluding carboxylic acids is 1. The molecule has 0 heterocycles. The Kier molecular flexibility index (Phi) is 4.99. The van der Waals surface area contributed by atoms with Gasteiger partial charge in [0.05, 0.1) is 26.3 Å². The number of ether oxygens (including phenoxy) is 2. The van der Waals surface area contributed by atoms with Crippen molar-refractivity contribution in [2.45, 2.75) is 13.3 Å². The molecule has 0 saturated heterocycles. The van der Waals surface area contributed by atoms with Crippen LogP contribution in [-0.2, 0) is 11.2 Å². The zero-order valence-corrected chi connectivity index (χ0v) is 12.8. The Bertz CT molecular complexity index is 686. The van der Waals surface area contributed by atoms with Crippen LogP contribution in [0.4, 0.5) is 10.1 Å². The lowest BCUT2D eigenvalue weighted by Gasteiger charge is -2.14. The van der Waals surface area contributed by atoms with Crippen LogP contribution in [0, 0.1) is 12.7 Å². The van der Waals surface area contributed by atoms with E-state index in [0.29, 0.717) is 22.7 Å². The van der Waals surface area contributed by atoms with Crippen LogP contribution in [0.1, 0.15) is 11.1 Å². The first-order valence-corrected chi connectivity index (χ1v) is 6.81. The molecule has 0 aliphatic heterocycles. The summed E-state index contributed by atoms with van der Waals surface area (Å²) in [4.78, 5) is 12.1. The fourth-order valence-electron chi connectivity index (χ4n) is 2.16. The predicted molar refractivity (Wildman–Crippen MR) is 83.0 cm³/mol. The van der Waals surface area contributed by atoms with Crippen LogP contribution in [-0.4, -0.2) is 20.1 Å². The van der Waals surface area contributed by atoms with Gasteiger partial charge in [-0.1, -0.05) is 18.2 Å². The van der Waals surface area contributed by atoms with Crippen molar-refractivity contribution < 1.29 is 18.7 Å². The highest BCUT2D eigenvalue weighted by Gasteiger charge is 2.13. The number of benzene rings is 2. The first-order valence-electron chi connectivity index (χ1n) is 6.81. The summed E-state index contributed by atoms with van der Waals surface area (Å²) < 4.78 is 24.1. The Morgan fingerprint density at radius 2 is 1.82 bits per heavy atom. The van der Waals surface area contributed by atoms with Gasteiger partial charge in [0, 0.05) is 6.07 Å². The standard InChI is InChI=1S/C17H18FNO3/c1-11-8-16(22-3)14(10-15(11)21-2)19-17(20)9-12-6-4-5-7-13(12)18/h4-8,10H,9H2,1-3H3,(H,19,20). The Morgan fingerprint density at radius 3 is 2.45 bits per heavy atom. The number of hydrogen-bond acceptors (Lipinski definition) is 3. The van der Waals surface area contributed by atoms with Crippen LogP contribution in [0.2, 0.25) is 0 Å². The number of anilines is 1. The lowest BCUT2D eigenvalue weighted by molar-refractivity contribution is -0.115. The molecule has 2 aromatic carbocycles. The number of rotatable bonds is 5. The molecule has 5 heteroatoms. The molecule has 0 aromatic heterocycles. The van der Waals surface area contributed by atoms with E-state index >= 15 is 0 Å². The van der Waals surface area contributed by atoms with Crippen LogP contribution >= 0.6 is 0 Å². The van der Waals surface area contributed by atoms with Crippen molar-refractivity contribution in [1.82, 2.24) is 0 Å². The van der Waals surface area contributed by atoms with Crippen molar-refractivity contribution in [2.24, 2.45) is 0 Å². The molecule has 0 atom stereocenters. The second-order valence-electron chi connectivity index (χ2n) is 4.84. The Morgan fingerprint density at radius 1 is 1.14 bits per heavy atom. The fraction of sp³-hybridized carbons (Fsp3) is 0.235. The summed E-state index contributed by atoms with van der Waals surface area (Å²) >= 11 is 0. The third-order valence-electron chi connectivity index (χ3n) is 3.30. The second-order valence-corrected chi connectivity index (χ2v) is 4.84. The van der Waals surface area contributed by atoms with E-state index in [1.165, 1.54) is 13.2 Å². The maximum atomic E-state index is 13.6. The summed E-state index contributed by atoms with van der Waals surface area (Å²) in [6.45, 7) is 1.88. The minimum Gasteiger partial charge on any atom is -0.496 e. The van der Waals surface area contributed by atoms with Crippen LogP contribution < -0.4 is 14.8 Å². The molecule has 0 aliphatic carbocycles. The summed E-state index contributed by atoms with van der Waals surface area (Å²) in [7, 11) is 3.08. The molecule has 1 amide bonds. The third kappa shape index (κ3) is 3.55. The zero-order chi connectivity index (χ0) is 16.1. The monoisotopic (exact) mass is 303 g/mol. The molecule has 0 radical (unpaired) electrons. The highest BCUT2D eigenvalue weighted by atomic mass is 19.1. The van der Waals surface area contributed by atoms with Gasteiger partial charge in [0.15, 0.2) is 0 Å². The largest absolute Gasteiger partial charge is 0.496 e. The van der Waals surface area contributed by atoms with Crippen molar-refractivity contribution in [1.29, 1.82) is 0 Å². The van der Waals surface area contributed by atoms with Crippen molar-refractivity contribution >= 4 is 11.6 Å². The smallest absolute Gasteiger partial charge is 0.229 e. The molecule has 0 fully saturated rings. The third-order valence-corrected chi connectivity index (χ3v) is 3.30. The van der Waals surface area contributed by atoms with E-state index in [1.54, 1.807) is 37.4 Å². The lowest BCUT2D eigenvalue weighted by Crippen LogP contribution is -2.16. The number of nitrogens with one attached hydrogen (secondary N) is 1. The van der Waals surface area contributed by atoms with Gasteiger partial charge in [-0.25, -0.2) is 4.39 Å². The van der Waals surface area contributed by atoms with Gasteiger partial charge in [-0.2, -0.15) is 0 Å². The van der Waals surface area contributed by atoms with Gasteiger partial charge in [-0.15, -0.1) is 0 Å². The molecule has 22 heavy (non-hydrogen) atoms. The van der Waals surface area contributed by atoms with Gasteiger partial charge in [0.25, 0.3) is 0 Å². The number of halogens is 1. The van der Waals surface area contributed by atoms with Crippen molar-refractivity contribution in [3.05, 3.63) is 53.3 Å². The maximum absolute atomic E-state index is 13.6. The number of methoxy groups -OCH3 is 2. The Balaban J connectivity index is 2.19. The average Bonchev–Trinajstić information content (AvgIpc) is 2.50. The van der Waals surface area contributed by atoms with Crippen LogP contribution in [0.3, 0.4) is 0 Å². The molecule has 2 aromatic rings. The summed E-state index contributed by atoms with van der Waals surface area (Å²) in [5.74, 6) is 0.447. The van der Waals surface area contributed by atoms with E-state index in [2.05, 4.69) is 5.32 Å². The summed E-state index contributed by atoms with van der Waals surface area (Å²) in [6.07, 6.45) is -0.0496. The number of carbonyl (C=O) groups is 1. The van der Waals surface area contributed by atoms with Gasteiger partial charge in [0.1, 0.15) is 17.3 Å². The van der Waals surface area contributed by atoms with Gasteiger partial charge >= 0.3 is 0 Å². The Hall–Kier alpha value is -2.56. The van der Waals surface area contributed by atoms with Crippen molar-refractivity contribution in [2.75, 3.05) is 19.5 Å². The minimum atomic E-state index is -0.397. The van der Waals surface area contributed by atoms with E-state index < -0.39 is 5.82 Å². The fourth-order valence-corrected chi connectivity index (χ4v) is 2.16. The first kappa shape index (κ1) is 15.8. The molecule has 0 spiro atoms. The molecule has 0 unspecified atom stereocenters. The number of aryl methyl sites for hydroxylation is 1. The molecule has 4 nitrogen and oxygen atoms in total. The topological polar surface area (TPSA) is 47.6 Å². The van der Waals surface area contributed by atoms with E-state index in [1.807, 2.05) is 6.92 Å². The van der Waals surface area contributed by atoms with Crippen LogP contribution in [0.5, 0.6) is 11.5 Å². The van der Waals surface area contributed by atoms with Gasteiger partial charge in [-0.05, 0) is 30.2 Å². The van der Waals surface area contributed by atoms with Crippen molar-refractivity contribution in [3.8, 4) is 11.5 Å². The highest BCUT2D eigenvalue weighted by Crippen LogP contribution is 2.32. The minimum absolute atomic E-state index is 0.0496. The van der Waals surface area contributed by atoms with Crippen molar-refractivity contribution in [3.63, 3.8) is 0 Å². The maximum Gasteiger partial charge on any atom is 0.229 e. The van der Waals surface area contributed by atoms with Crippen LogP contribution in [0.15, 0.2) is 36.4 Å². The zero-order valence-electron chi connectivity index (χ0n) is 12.8. The molecular formula is C17H18FNO3. The van der Waals surface area contributed by atoms with Gasteiger partial charge in [0.2, 0.25) is 5.91 Å². The van der Waals surface area contributed by atoms with E-state index in [0.717, 1.165) is 5.56 Å². The average molecular weight is 303 g/mol. The molecule has 0 saturated carbocycles. The Labute approximate surface area is 128 Å². The summed E-state index contributed by atoms with van der Waals surface area (Å²) in [5, 5.41) is 2.73. The van der Waals surface area contributed by atoms with Gasteiger partial charge < -0.3 is 14.8 Å². The molecular weight excluding hydrogens is 285 g/mol. The second kappa shape index (κ2) is 6.93. The predicted octanol–water partition coefficient (Wildman–Crippen LogP) is 3.33. The van der Waals surface area contributed by atoms with E-state index in [4.69, 9.17) is 9.47 Å². The molecule has 2 rings (SSSR count). The molecule has 0 aliphatic rings. The lowest BCUT2D eigenvalue weighted by atomic mass is 10.1. The van der Waals surface area contributed by atoms with E-state index in [-0.39, 0.29) is 12.3 Å². The molecule has 1 N–H and O–H groups in total.